The molecule has 2 aromatic rings. The largest absolute Gasteiger partial charge is 0.336 e. The van der Waals surface area contributed by atoms with Gasteiger partial charge in [0.1, 0.15) is 12.1 Å². The zero-order chi connectivity index (χ0) is 13.8. The van der Waals surface area contributed by atoms with Crippen molar-refractivity contribution < 1.29 is 9.18 Å². The Balaban J connectivity index is 1.96. The molecule has 0 radical (unpaired) electrons. The quantitative estimate of drug-likeness (QED) is 0.650. The van der Waals surface area contributed by atoms with Crippen molar-refractivity contribution in [2.24, 2.45) is 0 Å². The summed E-state index contributed by atoms with van der Waals surface area (Å²) >= 11 is 1.19. The Bertz CT molecular complexity index is 571. The molecule has 1 aromatic carbocycles. The molecule has 1 atom stereocenters. The molecule has 0 saturated carbocycles. The number of anilines is 1. The third kappa shape index (κ3) is 3.44. The number of rotatable bonds is 4. The van der Waals surface area contributed by atoms with Gasteiger partial charge in [0.2, 0.25) is 11.1 Å². The number of hydrogen-bond acceptors (Lipinski definition) is 5. The van der Waals surface area contributed by atoms with E-state index in [2.05, 4.69) is 15.5 Å². The molecular formula is C11H12FN5OS. The van der Waals surface area contributed by atoms with E-state index >= 15 is 0 Å². The van der Waals surface area contributed by atoms with Gasteiger partial charge in [-0.2, -0.15) is 0 Å². The highest BCUT2D eigenvalue weighted by molar-refractivity contribution is 8.00. The van der Waals surface area contributed by atoms with E-state index in [0.29, 0.717) is 10.8 Å². The Morgan fingerprint density at radius 2 is 2.16 bits per heavy atom. The van der Waals surface area contributed by atoms with Crippen LogP contribution in [-0.2, 0) is 4.79 Å². The maximum atomic E-state index is 12.7. The van der Waals surface area contributed by atoms with Crippen LogP contribution in [-0.4, -0.2) is 26.0 Å². The van der Waals surface area contributed by atoms with Crippen LogP contribution in [0.5, 0.6) is 0 Å². The van der Waals surface area contributed by atoms with Crippen LogP contribution in [0.2, 0.25) is 0 Å². The number of thioether (sulfide) groups is 1. The van der Waals surface area contributed by atoms with Crippen molar-refractivity contribution >= 4 is 23.4 Å². The first-order valence-electron chi connectivity index (χ1n) is 5.44. The van der Waals surface area contributed by atoms with E-state index in [9.17, 15) is 9.18 Å². The molecule has 1 heterocycles. The fraction of sp³-hybridized carbons (Fsp3) is 0.182. The van der Waals surface area contributed by atoms with Gasteiger partial charge in [-0.05, 0) is 31.2 Å². The molecule has 0 bridgehead atoms. The molecule has 8 heteroatoms. The van der Waals surface area contributed by atoms with Crippen LogP contribution in [0.15, 0.2) is 35.7 Å². The fourth-order valence-corrected chi connectivity index (χ4v) is 2.05. The van der Waals surface area contributed by atoms with Crippen molar-refractivity contribution in [3.8, 4) is 0 Å². The standard InChI is InChI=1S/C11H12FN5OS/c1-7(19-11-16-14-6-17(11)13)10(18)15-9-4-2-8(12)3-5-9/h2-7H,13H2,1H3,(H,15,18)/t7-/m1/s1. The zero-order valence-electron chi connectivity index (χ0n) is 10.1. The van der Waals surface area contributed by atoms with E-state index in [0.717, 1.165) is 0 Å². The Labute approximate surface area is 113 Å². The molecule has 0 fully saturated rings. The molecule has 1 amide bonds. The van der Waals surface area contributed by atoms with Gasteiger partial charge in [0.15, 0.2) is 0 Å². The van der Waals surface area contributed by atoms with Gasteiger partial charge >= 0.3 is 0 Å². The normalized spacial score (nSPS) is 12.1. The fourth-order valence-electron chi connectivity index (χ4n) is 1.31. The van der Waals surface area contributed by atoms with Gasteiger partial charge in [-0.25, -0.2) is 9.07 Å². The number of amides is 1. The summed E-state index contributed by atoms with van der Waals surface area (Å²) in [7, 11) is 0. The minimum atomic E-state index is -0.406. The maximum absolute atomic E-state index is 12.7. The van der Waals surface area contributed by atoms with Crippen LogP contribution in [0.3, 0.4) is 0 Å². The van der Waals surface area contributed by atoms with Crippen LogP contribution in [0.25, 0.3) is 0 Å². The van der Waals surface area contributed by atoms with Crippen LogP contribution >= 0.6 is 11.8 Å². The minimum Gasteiger partial charge on any atom is -0.336 e. The minimum absolute atomic E-state index is 0.223. The van der Waals surface area contributed by atoms with Crippen molar-refractivity contribution in [1.29, 1.82) is 0 Å². The number of nitrogens with two attached hydrogens (primary N) is 1. The Morgan fingerprint density at radius 1 is 1.47 bits per heavy atom. The van der Waals surface area contributed by atoms with E-state index in [4.69, 9.17) is 5.84 Å². The van der Waals surface area contributed by atoms with Gasteiger partial charge < -0.3 is 11.2 Å². The molecule has 0 unspecified atom stereocenters. The predicted molar refractivity (Wildman–Crippen MR) is 70.5 cm³/mol. The van der Waals surface area contributed by atoms with Gasteiger partial charge in [0, 0.05) is 5.69 Å². The number of nitrogens with zero attached hydrogens (tertiary/aromatic N) is 3. The van der Waals surface area contributed by atoms with E-state index in [1.54, 1.807) is 6.92 Å². The van der Waals surface area contributed by atoms with Gasteiger partial charge in [-0.1, -0.05) is 11.8 Å². The van der Waals surface area contributed by atoms with E-state index in [1.807, 2.05) is 0 Å². The summed E-state index contributed by atoms with van der Waals surface area (Å²) in [6.07, 6.45) is 1.35. The first kappa shape index (κ1) is 13.3. The third-order valence-corrected chi connectivity index (χ3v) is 3.37. The highest BCUT2D eigenvalue weighted by Crippen LogP contribution is 2.20. The second kappa shape index (κ2) is 5.70. The Hall–Kier alpha value is -2.09. The average molecular weight is 281 g/mol. The van der Waals surface area contributed by atoms with Crippen molar-refractivity contribution in [1.82, 2.24) is 14.9 Å². The van der Waals surface area contributed by atoms with Gasteiger partial charge in [-0.3, -0.25) is 4.79 Å². The van der Waals surface area contributed by atoms with Gasteiger partial charge in [0.05, 0.1) is 5.25 Å². The molecule has 0 spiro atoms. The van der Waals surface area contributed by atoms with Crippen molar-refractivity contribution in [3.63, 3.8) is 0 Å². The van der Waals surface area contributed by atoms with Gasteiger partial charge in [0.25, 0.3) is 0 Å². The lowest BCUT2D eigenvalue weighted by atomic mass is 10.3. The van der Waals surface area contributed by atoms with Crippen molar-refractivity contribution in [3.05, 3.63) is 36.4 Å². The van der Waals surface area contributed by atoms with Crippen molar-refractivity contribution in [2.75, 3.05) is 11.2 Å². The first-order chi connectivity index (χ1) is 9.06. The van der Waals surface area contributed by atoms with Gasteiger partial charge in [-0.15, -0.1) is 10.2 Å². The molecule has 0 aliphatic heterocycles. The highest BCUT2D eigenvalue weighted by Gasteiger charge is 2.17. The molecule has 0 saturated heterocycles. The highest BCUT2D eigenvalue weighted by atomic mass is 32.2. The summed E-state index contributed by atoms with van der Waals surface area (Å²) in [5, 5.41) is 10.1. The second-order valence-electron chi connectivity index (χ2n) is 3.78. The van der Waals surface area contributed by atoms with Crippen LogP contribution < -0.4 is 11.2 Å². The number of halogens is 1. The molecule has 6 nitrogen and oxygen atoms in total. The molecule has 0 aliphatic rings. The monoisotopic (exact) mass is 281 g/mol. The lowest BCUT2D eigenvalue weighted by molar-refractivity contribution is -0.115. The van der Waals surface area contributed by atoms with E-state index in [-0.39, 0.29) is 11.7 Å². The summed E-state index contributed by atoms with van der Waals surface area (Å²) in [6.45, 7) is 1.72. The zero-order valence-corrected chi connectivity index (χ0v) is 10.9. The summed E-state index contributed by atoms with van der Waals surface area (Å²) in [4.78, 5) is 11.9. The lowest BCUT2D eigenvalue weighted by Crippen LogP contribution is -2.23. The third-order valence-electron chi connectivity index (χ3n) is 2.30. The molecule has 3 N–H and O–H groups in total. The van der Waals surface area contributed by atoms with Crippen LogP contribution in [0.1, 0.15) is 6.92 Å². The molecule has 100 valence electrons. The number of benzene rings is 1. The Morgan fingerprint density at radius 3 is 2.74 bits per heavy atom. The number of aromatic nitrogens is 3. The Kier molecular flexibility index (Phi) is 4.00. The van der Waals surface area contributed by atoms with Crippen LogP contribution in [0, 0.1) is 5.82 Å². The SMILES string of the molecule is C[C@@H](Sc1nncn1N)C(=O)Nc1ccc(F)cc1. The number of hydrogen-bond donors (Lipinski definition) is 2. The predicted octanol–water partition coefficient (Wildman–Crippen LogP) is 1.25. The molecule has 19 heavy (non-hydrogen) atoms. The van der Waals surface area contributed by atoms with E-state index in [1.165, 1.54) is 47.0 Å². The van der Waals surface area contributed by atoms with Crippen LogP contribution in [0.4, 0.5) is 10.1 Å². The number of nitrogen functional groups attached to an aromatic ring is 1. The lowest BCUT2D eigenvalue weighted by Gasteiger charge is -2.11. The molecular weight excluding hydrogens is 269 g/mol. The molecule has 1 aromatic heterocycles. The number of carbonyl (C=O) groups is 1. The summed E-state index contributed by atoms with van der Waals surface area (Å²) in [5.41, 5.74) is 0.535. The summed E-state index contributed by atoms with van der Waals surface area (Å²) < 4.78 is 14.0. The summed E-state index contributed by atoms with van der Waals surface area (Å²) in [6, 6.07) is 5.56. The average Bonchev–Trinajstić information content (AvgIpc) is 2.78. The first-order valence-corrected chi connectivity index (χ1v) is 6.32. The smallest absolute Gasteiger partial charge is 0.237 e. The van der Waals surface area contributed by atoms with E-state index < -0.39 is 5.25 Å². The number of nitrogens with one attached hydrogen (secondary N) is 1. The molecule has 2 rings (SSSR count). The number of carbonyl (C=O) groups excluding carboxylic acids is 1. The maximum Gasteiger partial charge on any atom is 0.237 e. The summed E-state index contributed by atoms with van der Waals surface area (Å²) in [5.74, 6) is 4.98. The topological polar surface area (TPSA) is 85.8 Å². The molecule has 0 aliphatic carbocycles. The second-order valence-corrected chi connectivity index (χ2v) is 5.08. The van der Waals surface area contributed by atoms with Crippen molar-refractivity contribution in [2.45, 2.75) is 17.3 Å².